The second-order valence-corrected chi connectivity index (χ2v) is 2.87. The minimum Gasteiger partial charge on any atom is -0.413 e. The van der Waals surface area contributed by atoms with Crippen molar-refractivity contribution in [2.45, 2.75) is 26.7 Å². The van der Waals surface area contributed by atoms with Crippen molar-refractivity contribution in [2.24, 2.45) is 0 Å². The summed E-state index contributed by atoms with van der Waals surface area (Å²) in [6.45, 7) is 5.70. The van der Waals surface area contributed by atoms with Gasteiger partial charge in [0.1, 0.15) is 5.76 Å². The van der Waals surface area contributed by atoms with Crippen LogP contribution in [0.25, 0.3) is 0 Å². The van der Waals surface area contributed by atoms with Crippen molar-refractivity contribution in [1.29, 1.82) is 0 Å². The van der Waals surface area contributed by atoms with Crippen molar-refractivity contribution in [3.8, 4) is 0 Å². The lowest BCUT2D eigenvalue weighted by Gasteiger charge is -1.95. The van der Waals surface area contributed by atoms with E-state index in [1.165, 1.54) is 6.07 Å². The van der Waals surface area contributed by atoms with Crippen molar-refractivity contribution in [1.82, 2.24) is 0 Å². The highest BCUT2D eigenvalue weighted by atomic mass is 16.3. The number of nitrogens with one attached hydrogen (secondary N) is 1. The first-order valence-corrected chi connectivity index (χ1v) is 3.63. The van der Waals surface area contributed by atoms with E-state index in [9.17, 15) is 4.79 Å². The van der Waals surface area contributed by atoms with Crippen LogP contribution in [0.15, 0.2) is 15.3 Å². The molecule has 0 aromatic carbocycles. The summed E-state index contributed by atoms with van der Waals surface area (Å²) in [7, 11) is 0. The van der Waals surface area contributed by atoms with E-state index < -0.39 is 0 Å². The number of hydrogen-bond donors (Lipinski definition) is 0. The van der Waals surface area contributed by atoms with Gasteiger partial charge in [-0.3, -0.25) is 0 Å². The van der Waals surface area contributed by atoms with Crippen molar-refractivity contribution in [3.05, 3.63) is 28.1 Å². The fourth-order valence-corrected chi connectivity index (χ4v) is 0.833. The Morgan fingerprint density at radius 2 is 2.18 bits per heavy atom. The normalized spacial score (nSPS) is 10.5. The van der Waals surface area contributed by atoms with Crippen LogP contribution < -0.4 is 10.5 Å². The van der Waals surface area contributed by atoms with Gasteiger partial charge in [0.15, 0.2) is 0 Å². The molecule has 0 saturated heterocycles. The molecule has 0 spiro atoms. The molecular formula is C8H12NO2+. The van der Waals surface area contributed by atoms with Gasteiger partial charge in [-0.1, -0.05) is 0 Å². The summed E-state index contributed by atoms with van der Waals surface area (Å²) in [6.07, 6.45) is 0. The topological polar surface area (TPSA) is 44.4 Å². The fourth-order valence-electron chi connectivity index (χ4n) is 0.833. The lowest BCUT2D eigenvalue weighted by Crippen LogP contribution is -2.30. The highest BCUT2D eigenvalue weighted by Gasteiger charge is 2.11. The van der Waals surface area contributed by atoms with Crippen LogP contribution in [0.5, 0.6) is 0 Å². The van der Waals surface area contributed by atoms with E-state index in [1.54, 1.807) is 6.92 Å². The van der Waals surface area contributed by atoms with E-state index in [0.717, 1.165) is 0 Å². The summed E-state index contributed by atoms with van der Waals surface area (Å²) in [6, 6.07) is 1.44. The van der Waals surface area contributed by atoms with E-state index in [1.807, 2.05) is 13.8 Å². The van der Waals surface area contributed by atoms with Crippen LogP contribution in [0, 0.1) is 6.92 Å². The van der Waals surface area contributed by atoms with E-state index in [-0.39, 0.29) is 11.5 Å². The number of rotatable bonds is 1. The lowest BCUT2D eigenvalue weighted by molar-refractivity contribution is -0.431. The third-order valence-electron chi connectivity index (χ3n) is 1.38. The Labute approximate surface area is 65.1 Å². The van der Waals surface area contributed by atoms with Crippen LogP contribution in [-0.4, -0.2) is 0 Å². The van der Waals surface area contributed by atoms with E-state index in [4.69, 9.17) is 4.42 Å². The predicted molar refractivity (Wildman–Crippen MR) is 40.4 cm³/mol. The molecule has 0 radical (unpaired) electrons. The maximum absolute atomic E-state index is 10.9. The molecule has 0 aliphatic rings. The number of H-pyrrole nitrogens is 1. The van der Waals surface area contributed by atoms with Crippen LogP contribution in [0.4, 0.5) is 0 Å². The Morgan fingerprint density at radius 1 is 1.55 bits per heavy atom. The minimum absolute atomic E-state index is 0.0996. The first kappa shape index (κ1) is 7.98. The average Bonchev–Trinajstić information content (AvgIpc) is 1.85. The van der Waals surface area contributed by atoms with Gasteiger partial charge in [-0.15, -0.1) is 4.98 Å². The van der Waals surface area contributed by atoms with Gasteiger partial charge in [0.2, 0.25) is 0 Å². The first-order chi connectivity index (χ1) is 5.09. The van der Waals surface area contributed by atoms with Gasteiger partial charge in [0.25, 0.3) is 0 Å². The lowest BCUT2D eigenvalue weighted by atomic mass is 10.2. The van der Waals surface area contributed by atoms with Crippen molar-refractivity contribution in [3.63, 3.8) is 0 Å². The van der Waals surface area contributed by atoms with Crippen LogP contribution in [0.3, 0.4) is 0 Å². The smallest absolute Gasteiger partial charge is 0.413 e. The maximum atomic E-state index is 10.9. The Kier molecular flexibility index (Phi) is 2.08. The zero-order valence-corrected chi connectivity index (χ0v) is 6.97. The van der Waals surface area contributed by atoms with Crippen LogP contribution >= 0.6 is 0 Å². The molecule has 0 unspecified atom stereocenters. The SMILES string of the molecule is Cc1cc(=O)[nH+]c(C(C)C)o1. The molecule has 0 saturated carbocycles. The Morgan fingerprint density at radius 3 is 2.64 bits per heavy atom. The predicted octanol–water partition coefficient (Wildman–Crippen LogP) is 0.886. The van der Waals surface area contributed by atoms with Crippen molar-refractivity contribution < 1.29 is 9.40 Å². The third-order valence-corrected chi connectivity index (χ3v) is 1.38. The third kappa shape index (κ3) is 1.90. The second kappa shape index (κ2) is 2.86. The molecule has 1 rings (SSSR count). The highest BCUT2D eigenvalue weighted by Crippen LogP contribution is 2.06. The van der Waals surface area contributed by atoms with Crippen LogP contribution in [-0.2, 0) is 0 Å². The molecular weight excluding hydrogens is 142 g/mol. The van der Waals surface area contributed by atoms with E-state index in [0.29, 0.717) is 11.7 Å². The molecule has 0 fully saturated rings. The molecule has 0 atom stereocenters. The molecule has 0 amide bonds. The number of aryl methyl sites for hydroxylation is 1. The first-order valence-electron chi connectivity index (χ1n) is 3.63. The van der Waals surface area contributed by atoms with E-state index in [2.05, 4.69) is 4.98 Å². The van der Waals surface area contributed by atoms with E-state index >= 15 is 0 Å². The van der Waals surface area contributed by atoms with Gasteiger partial charge >= 0.3 is 11.4 Å². The molecule has 1 heterocycles. The Balaban J connectivity index is 3.19. The summed E-state index contributed by atoms with van der Waals surface area (Å²) in [5.41, 5.74) is -0.0996. The zero-order valence-electron chi connectivity index (χ0n) is 6.97. The molecule has 1 aromatic rings. The molecule has 3 nitrogen and oxygen atoms in total. The molecule has 3 heteroatoms. The maximum Gasteiger partial charge on any atom is 0.416 e. The van der Waals surface area contributed by atoms with Gasteiger partial charge < -0.3 is 4.42 Å². The van der Waals surface area contributed by atoms with Gasteiger partial charge in [0, 0.05) is 0 Å². The molecule has 0 aliphatic carbocycles. The average molecular weight is 154 g/mol. The van der Waals surface area contributed by atoms with Crippen molar-refractivity contribution >= 4 is 0 Å². The summed E-state index contributed by atoms with van der Waals surface area (Å²) >= 11 is 0. The molecule has 1 aromatic heterocycles. The van der Waals surface area contributed by atoms with Crippen molar-refractivity contribution in [2.75, 3.05) is 0 Å². The Hall–Kier alpha value is -1.12. The molecule has 0 bridgehead atoms. The standard InChI is InChI=1S/C8H11NO2/c1-5(2)8-9-7(10)4-6(3)11-8/h4-5H,1-3H3/p+1. The Bertz CT molecular complexity index is 301. The van der Waals surface area contributed by atoms with Gasteiger partial charge in [-0.25, -0.2) is 4.79 Å². The van der Waals surface area contributed by atoms with Crippen LogP contribution in [0.2, 0.25) is 0 Å². The molecule has 1 N–H and O–H groups in total. The summed E-state index contributed by atoms with van der Waals surface area (Å²) < 4.78 is 5.26. The molecule has 60 valence electrons. The summed E-state index contributed by atoms with van der Waals surface area (Å²) in [5.74, 6) is 1.51. The monoisotopic (exact) mass is 154 g/mol. The fraction of sp³-hybridized carbons (Fsp3) is 0.500. The minimum atomic E-state index is -0.0996. The number of aromatic nitrogens is 1. The quantitative estimate of drug-likeness (QED) is 0.602. The second-order valence-electron chi connectivity index (χ2n) is 2.87. The summed E-state index contributed by atoms with van der Waals surface area (Å²) in [4.78, 5) is 13.5. The summed E-state index contributed by atoms with van der Waals surface area (Å²) in [5, 5.41) is 0. The van der Waals surface area contributed by atoms with Gasteiger partial charge in [-0.2, -0.15) is 0 Å². The van der Waals surface area contributed by atoms with Gasteiger partial charge in [-0.05, 0) is 20.8 Å². The number of hydrogen-bond acceptors (Lipinski definition) is 2. The zero-order chi connectivity index (χ0) is 8.43. The van der Waals surface area contributed by atoms with Gasteiger partial charge in [0.05, 0.1) is 12.0 Å². The molecule has 11 heavy (non-hydrogen) atoms. The number of aromatic amines is 1. The van der Waals surface area contributed by atoms with Crippen LogP contribution in [0.1, 0.15) is 31.4 Å². The largest absolute Gasteiger partial charge is 0.416 e. The highest BCUT2D eigenvalue weighted by molar-refractivity contribution is 4.90. The molecule has 0 aliphatic heterocycles.